The maximum absolute atomic E-state index is 13.4. The van der Waals surface area contributed by atoms with Gasteiger partial charge in [0.05, 0.1) is 10.7 Å². The van der Waals surface area contributed by atoms with E-state index in [0.29, 0.717) is 18.7 Å². The van der Waals surface area contributed by atoms with E-state index in [0.717, 1.165) is 28.3 Å². The van der Waals surface area contributed by atoms with Crippen molar-refractivity contribution >= 4 is 40.3 Å². The number of benzene rings is 3. The quantitative estimate of drug-likeness (QED) is 0.306. The van der Waals surface area contributed by atoms with Crippen molar-refractivity contribution in [3.05, 3.63) is 88.2 Å². The zero-order chi connectivity index (χ0) is 24.3. The average molecular weight is 498 g/mol. The maximum atomic E-state index is 13.4. The molecule has 0 saturated carbocycles. The first-order chi connectivity index (χ1) is 16.2. The van der Waals surface area contributed by atoms with Gasteiger partial charge >= 0.3 is 0 Å². The standard InChI is InChI=1S/C26H25ClFN3O2S/c1-16-6-4-5-7-17(16)15-32-19-9-11-24-20(13-19)23(14-26(2,3)33-24)30-31-25(34)29-18-8-10-22(28)21(27)12-18/h4-13H,14-15H2,1-3H3,(H2,29,31,34)/b30-23-. The van der Waals surface area contributed by atoms with Gasteiger partial charge in [-0.1, -0.05) is 35.9 Å². The molecule has 1 heterocycles. The highest BCUT2D eigenvalue weighted by molar-refractivity contribution is 7.80. The number of hydrazone groups is 1. The Morgan fingerprint density at radius 3 is 2.74 bits per heavy atom. The third-order valence-corrected chi connectivity index (χ3v) is 5.85. The Morgan fingerprint density at radius 2 is 1.97 bits per heavy atom. The minimum Gasteiger partial charge on any atom is -0.489 e. The summed E-state index contributed by atoms with van der Waals surface area (Å²) in [5.74, 6) is 0.955. The van der Waals surface area contributed by atoms with Crippen LogP contribution in [0.3, 0.4) is 0 Å². The van der Waals surface area contributed by atoms with Gasteiger partial charge in [0.25, 0.3) is 0 Å². The molecule has 0 aromatic heterocycles. The molecule has 1 aliphatic heterocycles. The normalized spacial score (nSPS) is 15.3. The van der Waals surface area contributed by atoms with Crippen molar-refractivity contribution in [3.63, 3.8) is 0 Å². The largest absolute Gasteiger partial charge is 0.489 e. The summed E-state index contributed by atoms with van der Waals surface area (Å²) in [5, 5.41) is 7.77. The van der Waals surface area contributed by atoms with Crippen LogP contribution in [0.2, 0.25) is 5.02 Å². The van der Waals surface area contributed by atoms with Crippen LogP contribution in [-0.2, 0) is 6.61 Å². The van der Waals surface area contributed by atoms with Crippen LogP contribution in [0.4, 0.5) is 10.1 Å². The number of fused-ring (bicyclic) bond motifs is 1. The van der Waals surface area contributed by atoms with Gasteiger partial charge in [0.1, 0.15) is 29.5 Å². The Bertz CT molecular complexity index is 1260. The van der Waals surface area contributed by atoms with E-state index < -0.39 is 11.4 Å². The van der Waals surface area contributed by atoms with Crippen molar-refractivity contribution in [1.29, 1.82) is 0 Å². The van der Waals surface area contributed by atoms with Gasteiger partial charge in [-0.2, -0.15) is 5.10 Å². The Morgan fingerprint density at radius 1 is 1.18 bits per heavy atom. The molecule has 3 aromatic rings. The molecule has 0 amide bonds. The van der Waals surface area contributed by atoms with E-state index in [1.807, 2.05) is 44.2 Å². The van der Waals surface area contributed by atoms with Gasteiger partial charge < -0.3 is 14.8 Å². The molecule has 0 unspecified atom stereocenters. The highest BCUT2D eigenvalue weighted by atomic mass is 35.5. The number of rotatable bonds is 5. The molecule has 2 N–H and O–H groups in total. The summed E-state index contributed by atoms with van der Waals surface area (Å²) in [6.07, 6.45) is 0.569. The van der Waals surface area contributed by atoms with E-state index >= 15 is 0 Å². The summed E-state index contributed by atoms with van der Waals surface area (Å²) in [6, 6.07) is 18.1. The second kappa shape index (κ2) is 9.99. The number of nitrogens with one attached hydrogen (secondary N) is 2. The molecule has 176 valence electrons. The number of aryl methyl sites for hydroxylation is 1. The zero-order valence-corrected chi connectivity index (χ0v) is 20.7. The summed E-state index contributed by atoms with van der Waals surface area (Å²) in [6.45, 7) is 6.54. The number of hydrogen-bond donors (Lipinski definition) is 2. The first-order valence-electron chi connectivity index (χ1n) is 10.8. The molecule has 0 fully saturated rings. The van der Waals surface area contributed by atoms with Crippen molar-refractivity contribution in [2.24, 2.45) is 5.10 Å². The van der Waals surface area contributed by atoms with Crippen LogP contribution in [0.15, 0.2) is 65.8 Å². The first kappa shape index (κ1) is 24.0. The summed E-state index contributed by atoms with van der Waals surface area (Å²) in [5.41, 5.74) is 6.93. The molecule has 0 atom stereocenters. The topological polar surface area (TPSA) is 54.9 Å². The van der Waals surface area contributed by atoms with Gasteiger partial charge in [0.15, 0.2) is 5.11 Å². The second-order valence-corrected chi connectivity index (χ2v) is 9.48. The van der Waals surface area contributed by atoms with Crippen LogP contribution in [0, 0.1) is 12.7 Å². The fourth-order valence-electron chi connectivity index (χ4n) is 3.63. The van der Waals surface area contributed by atoms with Crippen LogP contribution in [0.1, 0.15) is 37.0 Å². The molecule has 8 heteroatoms. The van der Waals surface area contributed by atoms with E-state index in [9.17, 15) is 4.39 Å². The highest BCUT2D eigenvalue weighted by Crippen LogP contribution is 2.35. The summed E-state index contributed by atoms with van der Waals surface area (Å²) < 4.78 is 25.6. The summed E-state index contributed by atoms with van der Waals surface area (Å²) in [7, 11) is 0. The van der Waals surface area contributed by atoms with Crippen molar-refractivity contribution in [2.45, 2.75) is 39.4 Å². The molecule has 34 heavy (non-hydrogen) atoms. The Hall–Kier alpha value is -3.16. The monoisotopic (exact) mass is 497 g/mol. The fourth-order valence-corrected chi connectivity index (χ4v) is 3.97. The van der Waals surface area contributed by atoms with Gasteiger partial charge in [-0.3, -0.25) is 5.43 Å². The molecule has 0 bridgehead atoms. The number of hydrogen-bond acceptors (Lipinski definition) is 4. The van der Waals surface area contributed by atoms with Crippen molar-refractivity contribution in [1.82, 2.24) is 5.43 Å². The van der Waals surface area contributed by atoms with Crippen LogP contribution in [-0.4, -0.2) is 16.4 Å². The van der Waals surface area contributed by atoms with Gasteiger partial charge in [-0.15, -0.1) is 0 Å². The van der Waals surface area contributed by atoms with Crippen molar-refractivity contribution in [3.8, 4) is 11.5 Å². The minimum absolute atomic E-state index is 0.0115. The number of anilines is 1. The van der Waals surface area contributed by atoms with E-state index in [4.69, 9.17) is 33.3 Å². The third kappa shape index (κ3) is 5.85. The van der Waals surface area contributed by atoms with Crippen LogP contribution in [0.5, 0.6) is 11.5 Å². The molecular formula is C26H25ClFN3O2S. The molecule has 0 aliphatic carbocycles. The lowest BCUT2D eigenvalue weighted by Gasteiger charge is -2.33. The van der Waals surface area contributed by atoms with Gasteiger partial charge in [-0.05, 0) is 80.5 Å². The van der Waals surface area contributed by atoms with Gasteiger partial charge in [0, 0.05) is 17.7 Å². The predicted molar refractivity (Wildman–Crippen MR) is 139 cm³/mol. The molecule has 1 aliphatic rings. The van der Waals surface area contributed by atoms with E-state index in [1.54, 1.807) is 6.07 Å². The van der Waals surface area contributed by atoms with Crippen LogP contribution >= 0.6 is 23.8 Å². The number of thiocarbonyl (C=S) groups is 1. The van der Waals surface area contributed by atoms with E-state index in [2.05, 4.69) is 34.9 Å². The van der Waals surface area contributed by atoms with Crippen molar-refractivity contribution in [2.75, 3.05) is 5.32 Å². The van der Waals surface area contributed by atoms with Gasteiger partial charge in [-0.25, -0.2) is 4.39 Å². The molecule has 4 rings (SSSR count). The lowest BCUT2D eigenvalue weighted by Crippen LogP contribution is -2.37. The van der Waals surface area contributed by atoms with Crippen LogP contribution in [0.25, 0.3) is 0 Å². The SMILES string of the molecule is Cc1ccccc1COc1ccc2c(c1)/C(=N\NC(=S)Nc1ccc(F)c(Cl)c1)CC(C)(C)O2. The number of ether oxygens (including phenoxy) is 2. The average Bonchev–Trinajstić information content (AvgIpc) is 2.79. The maximum Gasteiger partial charge on any atom is 0.191 e. The first-order valence-corrected chi connectivity index (χ1v) is 11.6. The highest BCUT2D eigenvalue weighted by Gasteiger charge is 2.31. The number of halogens is 2. The summed E-state index contributed by atoms with van der Waals surface area (Å²) >= 11 is 11.2. The van der Waals surface area contributed by atoms with Crippen molar-refractivity contribution < 1.29 is 13.9 Å². The Kier molecular flexibility index (Phi) is 7.05. The molecule has 0 spiro atoms. The Balaban J connectivity index is 1.51. The van der Waals surface area contributed by atoms with E-state index in [-0.39, 0.29) is 10.1 Å². The smallest absolute Gasteiger partial charge is 0.191 e. The lowest BCUT2D eigenvalue weighted by atomic mass is 9.92. The zero-order valence-electron chi connectivity index (χ0n) is 19.1. The second-order valence-electron chi connectivity index (χ2n) is 8.66. The molecule has 0 saturated heterocycles. The fraction of sp³-hybridized carbons (Fsp3) is 0.231. The van der Waals surface area contributed by atoms with Crippen LogP contribution < -0.4 is 20.2 Å². The van der Waals surface area contributed by atoms with E-state index in [1.165, 1.54) is 17.7 Å². The molecule has 5 nitrogen and oxygen atoms in total. The third-order valence-electron chi connectivity index (χ3n) is 5.37. The molecular weight excluding hydrogens is 473 g/mol. The molecule has 3 aromatic carbocycles. The summed E-state index contributed by atoms with van der Waals surface area (Å²) in [4.78, 5) is 0. The lowest BCUT2D eigenvalue weighted by molar-refractivity contribution is 0.111. The minimum atomic E-state index is -0.493. The van der Waals surface area contributed by atoms with Gasteiger partial charge in [0.2, 0.25) is 0 Å². The predicted octanol–water partition coefficient (Wildman–Crippen LogP) is 6.62. The Labute approximate surface area is 208 Å². The molecule has 0 radical (unpaired) electrons. The number of nitrogens with zero attached hydrogens (tertiary/aromatic N) is 1.